The van der Waals surface area contributed by atoms with Crippen LogP contribution in [0.4, 0.5) is 0 Å². The van der Waals surface area contributed by atoms with Crippen LogP contribution in [0, 0.1) is 11.8 Å². The van der Waals surface area contributed by atoms with E-state index < -0.39 is 5.97 Å². The van der Waals surface area contributed by atoms with Crippen molar-refractivity contribution in [2.24, 2.45) is 11.8 Å². The van der Waals surface area contributed by atoms with Gasteiger partial charge in [0.1, 0.15) is 0 Å². The second kappa shape index (κ2) is 11.1. The average molecular weight is 367 g/mol. The number of fused-ring (bicyclic) bond motifs is 2. The fourth-order valence-electron chi connectivity index (χ4n) is 4.09. The summed E-state index contributed by atoms with van der Waals surface area (Å²) in [5, 5.41) is 20.3. The van der Waals surface area contributed by atoms with Gasteiger partial charge in [0.05, 0.1) is 6.10 Å². The summed E-state index contributed by atoms with van der Waals surface area (Å²) in [6.07, 6.45) is 18.4. The molecule has 0 aromatic heterocycles. The molecule has 2 N–H and O–H groups in total. The SMILES string of the molecule is CCCCCC(O)/C=C/[C@@H]1[C@H](C/C=C\CCCC(=O)O)[C@@H]2CC[C@H]1S2. The maximum atomic E-state index is 10.5. The molecule has 2 saturated heterocycles. The second-order valence-corrected chi connectivity index (χ2v) is 8.96. The Hall–Kier alpha value is -0.740. The minimum atomic E-state index is -0.708. The molecule has 2 bridgehead atoms. The molecule has 0 amide bonds. The van der Waals surface area contributed by atoms with Gasteiger partial charge in [-0.2, -0.15) is 11.8 Å². The highest BCUT2D eigenvalue weighted by Gasteiger charge is 2.46. The van der Waals surface area contributed by atoms with Gasteiger partial charge in [0.25, 0.3) is 0 Å². The summed E-state index contributed by atoms with van der Waals surface area (Å²) in [5.41, 5.74) is 0. The lowest BCUT2D eigenvalue weighted by atomic mass is 9.77. The maximum absolute atomic E-state index is 10.5. The molecule has 0 saturated carbocycles. The number of carbonyl (C=O) groups is 1. The molecule has 2 aliphatic rings. The number of hydrogen-bond donors (Lipinski definition) is 2. The van der Waals surface area contributed by atoms with E-state index >= 15 is 0 Å². The molecule has 0 aromatic rings. The summed E-state index contributed by atoms with van der Waals surface area (Å²) in [6.45, 7) is 2.19. The Kier molecular flexibility index (Phi) is 9.11. The smallest absolute Gasteiger partial charge is 0.303 e. The molecule has 2 fully saturated rings. The van der Waals surface area contributed by atoms with Gasteiger partial charge in [-0.25, -0.2) is 0 Å². The second-order valence-electron chi connectivity index (χ2n) is 7.47. The molecule has 0 radical (unpaired) electrons. The van der Waals surface area contributed by atoms with E-state index in [4.69, 9.17) is 5.11 Å². The molecular formula is C21H34O3S. The van der Waals surface area contributed by atoms with Crippen LogP contribution in [-0.2, 0) is 4.79 Å². The van der Waals surface area contributed by atoms with Gasteiger partial charge < -0.3 is 10.2 Å². The predicted molar refractivity (Wildman–Crippen MR) is 106 cm³/mol. The summed E-state index contributed by atoms with van der Waals surface area (Å²) in [5.74, 6) is 0.562. The van der Waals surface area contributed by atoms with Crippen LogP contribution in [0.1, 0.15) is 71.1 Å². The zero-order chi connectivity index (χ0) is 18.1. The molecule has 0 aliphatic carbocycles. The Morgan fingerprint density at radius 2 is 2.00 bits per heavy atom. The van der Waals surface area contributed by atoms with Crippen molar-refractivity contribution < 1.29 is 15.0 Å². The molecule has 1 unspecified atom stereocenters. The monoisotopic (exact) mass is 366 g/mol. The first-order chi connectivity index (χ1) is 12.1. The Morgan fingerprint density at radius 1 is 1.20 bits per heavy atom. The van der Waals surface area contributed by atoms with Crippen LogP contribution in [-0.4, -0.2) is 32.8 Å². The van der Waals surface area contributed by atoms with E-state index in [2.05, 4.69) is 36.9 Å². The third kappa shape index (κ3) is 6.82. The molecule has 0 aromatic carbocycles. The van der Waals surface area contributed by atoms with Gasteiger partial charge in [0, 0.05) is 16.9 Å². The highest BCUT2D eigenvalue weighted by Crippen LogP contribution is 2.54. The van der Waals surface area contributed by atoms with E-state index in [1.165, 1.54) is 25.7 Å². The number of aliphatic carboxylic acids is 1. The van der Waals surface area contributed by atoms with Gasteiger partial charge in [0.15, 0.2) is 0 Å². The Labute approximate surface area is 157 Å². The van der Waals surface area contributed by atoms with Crippen LogP contribution in [0.25, 0.3) is 0 Å². The number of rotatable bonds is 12. The van der Waals surface area contributed by atoms with Crippen molar-refractivity contribution in [2.45, 2.75) is 87.7 Å². The van der Waals surface area contributed by atoms with Crippen LogP contribution in [0.3, 0.4) is 0 Å². The van der Waals surface area contributed by atoms with E-state index in [-0.39, 0.29) is 12.5 Å². The van der Waals surface area contributed by atoms with Crippen molar-refractivity contribution in [1.82, 2.24) is 0 Å². The predicted octanol–water partition coefficient (Wildman–Crippen LogP) is 5.20. The number of unbranched alkanes of at least 4 members (excludes halogenated alkanes) is 3. The Bertz CT molecular complexity index is 460. The van der Waals surface area contributed by atoms with E-state index in [0.717, 1.165) is 42.6 Å². The normalized spacial score (nSPS) is 29.8. The summed E-state index contributed by atoms with van der Waals surface area (Å²) >= 11 is 2.15. The van der Waals surface area contributed by atoms with Gasteiger partial charge in [-0.05, 0) is 50.4 Å². The van der Waals surface area contributed by atoms with Crippen molar-refractivity contribution in [2.75, 3.05) is 0 Å². The van der Waals surface area contributed by atoms with Gasteiger partial charge in [-0.3, -0.25) is 4.79 Å². The van der Waals surface area contributed by atoms with Crippen LogP contribution in [0.5, 0.6) is 0 Å². The van der Waals surface area contributed by atoms with E-state index in [9.17, 15) is 9.90 Å². The highest BCUT2D eigenvalue weighted by atomic mass is 32.2. The van der Waals surface area contributed by atoms with Gasteiger partial charge >= 0.3 is 5.97 Å². The number of thioether (sulfide) groups is 1. The van der Waals surface area contributed by atoms with Crippen molar-refractivity contribution in [3.05, 3.63) is 24.3 Å². The van der Waals surface area contributed by atoms with Crippen LogP contribution >= 0.6 is 11.8 Å². The summed E-state index contributed by atoms with van der Waals surface area (Å²) in [4.78, 5) is 10.5. The third-order valence-electron chi connectivity index (χ3n) is 5.48. The average Bonchev–Trinajstić information content (AvgIpc) is 3.17. The first kappa shape index (κ1) is 20.6. The zero-order valence-electron chi connectivity index (χ0n) is 15.5. The highest BCUT2D eigenvalue weighted by molar-refractivity contribution is 8.01. The molecular weight excluding hydrogens is 332 g/mol. The first-order valence-electron chi connectivity index (χ1n) is 10.0. The van der Waals surface area contributed by atoms with Gasteiger partial charge in [-0.15, -0.1) is 0 Å². The topological polar surface area (TPSA) is 57.5 Å². The molecule has 5 atom stereocenters. The number of carboxylic acids is 1. The molecule has 25 heavy (non-hydrogen) atoms. The molecule has 3 nitrogen and oxygen atoms in total. The quantitative estimate of drug-likeness (QED) is 0.368. The molecule has 2 rings (SSSR count). The Morgan fingerprint density at radius 3 is 2.76 bits per heavy atom. The maximum Gasteiger partial charge on any atom is 0.303 e. The zero-order valence-corrected chi connectivity index (χ0v) is 16.3. The molecule has 142 valence electrons. The number of carboxylic acid groups (broad SMARTS) is 1. The Balaban J connectivity index is 1.78. The lowest BCUT2D eigenvalue weighted by Crippen LogP contribution is -2.25. The minimum Gasteiger partial charge on any atom is -0.481 e. The molecule has 4 heteroatoms. The van der Waals surface area contributed by atoms with E-state index in [1.807, 2.05) is 6.08 Å². The van der Waals surface area contributed by atoms with Gasteiger partial charge in [0.2, 0.25) is 0 Å². The number of hydrogen-bond acceptors (Lipinski definition) is 3. The lowest BCUT2D eigenvalue weighted by Gasteiger charge is -2.27. The number of allylic oxidation sites excluding steroid dienone is 3. The molecule has 2 heterocycles. The summed E-state index contributed by atoms with van der Waals surface area (Å²) in [6, 6.07) is 0. The largest absolute Gasteiger partial charge is 0.481 e. The first-order valence-corrected chi connectivity index (χ1v) is 10.9. The standard InChI is InChI=1S/C21H34O3S/c1-2-3-6-9-16(22)12-13-18-17(19-14-15-20(18)25-19)10-7-4-5-8-11-21(23)24/h4,7,12-13,16-20,22H,2-3,5-6,8-11,14-15H2,1H3,(H,23,24)/b7-4-,13-12+/t16?,17-,18+,19-,20+/m0/s1. The van der Waals surface area contributed by atoms with Crippen LogP contribution in [0.15, 0.2) is 24.3 Å². The van der Waals surface area contributed by atoms with Crippen molar-refractivity contribution >= 4 is 17.7 Å². The van der Waals surface area contributed by atoms with Crippen molar-refractivity contribution in [3.8, 4) is 0 Å². The van der Waals surface area contributed by atoms with E-state index in [0.29, 0.717) is 11.8 Å². The number of aliphatic hydroxyl groups is 1. The van der Waals surface area contributed by atoms with Gasteiger partial charge in [-0.1, -0.05) is 50.5 Å². The van der Waals surface area contributed by atoms with Crippen molar-refractivity contribution in [3.63, 3.8) is 0 Å². The molecule has 0 spiro atoms. The summed E-state index contributed by atoms with van der Waals surface area (Å²) < 4.78 is 0. The fourth-order valence-corrected chi connectivity index (χ4v) is 6.05. The third-order valence-corrected chi connectivity index (χ3v) is 7.32. The number of aliphatic hydroxyl groups excluding tert-OH is 1. The fraction of sp³-hybridized carbons (Fsp3) is 0.762. The molecule has 2 aliphatic heterocycles. The van der Waals surface area contributed by atoms with Crippen LogP contribution in [0.2, 0.25) is 0 Å². The van der Waals surface area contributed by atoms with E-state index in [1.54, 1.807) is 0 Å². The van der Waals surface area contributed by atoms with Crippen molar-refractivity contribution in [1.29, 1.82) is 0 Å². The minimum absolute atomic E-state index is 0.260. The van der Waals surface area contributed by atoms with Crippen LogP contribution < -0.4 is 0 Å². The summed E-state index contributed by atoms with van der Waals surface area (Å²) in [7, 11) is 0. The lowest BCUT2D eigenvalue weighted by molar-refractivity contribution is -0.137.